The third-order valence-electron chi connectivity index (χ3n) is 2.82. The van der Waals surface area contributed by atoms with Crippen molar-refractivity contribution in [1.82, 2.24) is 10.3 Å². The Bertz CT molecular complexity index is 541. The van der Waals surface area contributed by atoms with Gasteiger partial charge in [-0.15, -0.1) is 23.1 Å². The van der Waals surface area contributed by atoms with Crippen LogP contribution >= 0.6 is 23.1 Å². The maximum absolute atomic E-state index is 4.68. The first-order valence-electron chi connectivity index (χ1n) is 6.82. The second kappa shape index (κ2) is 6.74. The van der Waals surface area contributed by atoms with Crippen LogP contribution in [0.15, 0.2) is 35.2 Å². The Morgan fingerprint density at radius 2 is 1.90 bits per heavy atom. The summed E-state index contributed by atoms with van der Waals surface area (Å²) in [5.74, 6) is 0.949. The number of hydrogen-bond donors (Lipinski definition) is 1. The molecule has 0 aliphatic carbocycles. The molecule has 0 amide bonds. The minimum absolute atomic E-state index is 0.148. The predicted octanol–water partition coefficient (Wildman–Crippen LogP) is 4.63. The molecule has 1 heterocycles. The molecule has 0 radical (unpaired) electrons. The van der Waals surface area contributed by atoms with Crippen molar-refractivity contribution in [3.8, 4) is 0 Å². The van der Waals surface area contributed by atoms with Crippen LogP contribution in [0.1, 0.15) is 36.3 Å². The highest BCUT2D eigenvalue weighted by Gasteiger charge is 2.12. The Balaban J connectivity index is 1.93. The SMILES string of the molecule is Cc1nc(CSc2ccccc2)sc1CNC(C)(C)C. The summed E-state index contributed by atoms with van der Waals surface area (Å²) in [5.41, 5.74) is 1.31. The molecule has 0 saturated heterocycles. The molecule has 1 aromatic carbocycles. The molecule has 2 aromatic rings. The van der Waals surface area contributed by atoms with E-state index in [0.717, 1.165) is 18.0 Å². The van der Waals surface area contributed by atoms with Crippen molar-refractivity contribution >= 4 is 23.1 Å². The molecule has 0 saturated carbocycles. The number of thiazole rings is 1. The molecule has 0 atom stereocenters. The third-order valence-corrected chi connectivity index (χ3v) is 5.19. The first-order chi connectivity index (χ1) is 9.44. The molecule has 2 nitrogen and oxygen atoms in total. The van der Waals surface area contributed by atoms with Gasteiger partial charge in [0.25, 0.3) is 0 Å². The summed E-state index contributed by atoms with van der Waals surface area (Å²) in [6, 6.07) is 10.5. The molecule has 4 heteroatoms. The second-order valence-corrected chi connectivity index (χ2v) is 8.04. The monoisotopic (exact) mass is 306 g/mol. The lowest BCUT2D eigenvalue weighted by Crippen LogP contribution is -2.34. The lowest BCUT2D eigenvalue weighted by atomic mass is 10.1. The van der Waals surface area contributed by atoms with Gasteiger partial charge >= 0.3 is 0 Å². The van der Waals surface area contributed by atoms with Crippen LogP contribution in [-0.2, 0) is 12.3 Å². The minimum atomic E-state index is 0.148. The fraction of sp³-hybridized carbons (Fsp3) is 0.438. The van der Waals surface area contributed by atoms with Crippen LogP contribution in [0.4, 0.5) is 0 Å². The molecule has 0 fully saturated rings. The van der Waals surface area contributed by atoms with Gasteiger partial charge in [-0.05, 0) is 39.8 Å². The number of benzene rings is 1. The van der Waals surface area contributed by atoms with E-state index < -0.39 is 0 Å². The number of aromatic nitrogens is 1. The second-order valence-electron chi connectivity index (χ2n) is 5.82. The topological polar surface area (TPSA) is 24.9 Å². The van der Waals surface area contributed by atoms with E-state index in [1.807, 2.05) is 29.2 Å². The Labute approximate surface area is 130 Å². The summed E-state index contributed by atoms with van der Waals surface area (Å²) in [4.78, 5) is 7.34. The Morgan fingerprint density at radius 3 is 2.55 bits per heavy atom. The van der Waals surface area contributed by atoms with Gasteiger partial charge in [0.05, 0.1) is 11.4 Å². The van der Waals surface area contributed by atoms with Gasteiger partial charge in [0, 0.05) is 21.9 Å². The maximum atomic E-state index is 4.68. The van der Waals surface area contributed by atoms with Gasteiger partial charge in [-0.1, -0.05) is 18.2 Å². The van der Waals surface area contributed by atoms with E-state index in [1.54, 1.807) is 0 Å². The third kappa shape index (κ3) is 4.93. The van der Waals surface area contributed by atoms with E-state index in [2.05, 4.69) is 62.3 Å². The molecule has 2 rings (SSSR count). The van der Waals surface area contributed by atoms with Crippen LogP contribution in [0.25, 0.3) is 0 Å². The fourth-order valence-electron chi connectivity index (χ4n) is 1.72. The minimum Gasteiger partial charge on any atom is -0.307 e. The van der Waals surface area contributed by atoms with Crippen molar-refractivity contribution in [1.29, 1.82) is 0 Å². The lowest BCUT2D eigenvalue weighted by molar-refractivity contribution is 0.425. The molecule has 20 heavy (non-hydrogen) atoms. The molecule has 1 N–H and O–H groups in total. The van der Waals surface area contributed by atoms with Gasteiger partial charge in [-0.25, -0.2) is 4.98 Å². The van der Waals surface area contributed by atoms with Crippen molar-refractivity contribution in [2.45, 2.75) is 50.4 Å². The van der Waals surface area contributed by atoms with Crippen molar-refractivity contribution in [3.63, 3.8) is 0 Å². The highest BCUT2D eigenvalue weighted by Crippen LogP contribution is 2.26. The molecule has 0 aliphatic heterocycles. The van der Waals surface area contributed by atoms with Gasteiger partial charge in [0.1, 0.15) is 5.01 Å². The van der Waals surface area contributed by atoms with Crippen LogP contribution in [0.2, 0.25) is 0 Å². The van der Waals surface area contributed by atoms with Crippen LogP contribution in [0.3, 0.4) is 0 Å². The maximum Gasteiger partial charge on any atom is 0.103 e. The van der Waals surface area contributed by atoms with Gasteiger partial charge in [0.15, 0.2) is 0 Å². The zero-order chi connectivity index (χ0) is 14.6. The Kier molecular flexibility index (Phi) is 5.24. The van der Waals surface area contributed by atoms with Crippen LogP contribution in [-0.4, -0.2) is 10.5 Å². The van der Waals surface area contributed by atoms with Crippen molar-refractivity contribution < 1.29 is 0 Å². The first kappa shape index (κ1) is 15.5. The van der Waals surface area contributed by atoms with Crippen molar-refractivity contribution in [2.24, 2.45) is 0 Å². The number of hydrogen-bond acceptors (Lipinski definition) is 4. The van der Waals surface area contributed by atoms with Gasteiger partial charge < -0.3 is 5.32 Å². The summed E-state index contributed by atoms with van der Waals surface area (Å²) in [6.07, 6.45) is 0. The van der Waals surface area contributed by atoms with Gasteiger partial charge in [0.2, 0.25) is 0 Å². The Hall–Kier alpha value is -0.840. The summed E-state index contributed by atoms with van der Waals surface area (Å²) in [7, 11) is 0. The zero-order valence-corrected chi connectivity index (χ0v) is 14.2. The Morgan fingerprint density at radius 1 is 1.20 bits per heavy atom. The highest BCUT2D eigenvalue weighted by molar-refractivity contribution is 7.98. The average Bonchev–Trinajstić information content (AvgIpc) is 2.75. The number of nitrogens with one attached hydrogen (secondary N) is 1. The smallest absolute Gasteiger partial charge is 0.103 e. The normalized spacial score (nSPS) is 11.8. The summed E-state index contributed by atoms with van der Waals surface area (Å²) >= 11 is 3.67. The lowest BCUT2D eigenvalue weighted by Gasteiger charge is -2.19. The van der Waals surface area contributed by atoms with E-state index in [-0.39, 0.29) is 5.54 Å². The van der Waals surface area contributed by atoms with E-state index in [1.165, 1.54) is 14.8 Å². The largest absolute Gasteiger partial charge is 0.307 e. The quantitative estimate of drug-likeness (QED) is 0.815. The molecule has 108 valence electrons. The highest BCUT2D eigenvalue weighted by atomic mass is 32.2. The van der Waals surface area contributed by atoms with E-state index in [0.29, 0.717) is 0 Å². The molecular weight excluding hydrogens is 284 g/mol. The number of aryl methyl sites for hydroxylation is 1. The molecular formula is C16H22N2S2. The summed E-state index contributed by atoms with van der Waals surface area (Å²) < 4.78 is 0. The fourth-order valence-corrected chi connectivity index (χ4v) is 3.64. The molecule has 0 bridgehead atoms. The summed E-state index contributed by atoms with van der Waals surface area (Å²) in [5, 5.41) is 4.74. The van der Waals surface area contributed by atoms with E-state index in [9.17, 15) is 0 Å². The van der Waals surface area contributed by atoms with E-state index >= 15 is 0 Å². The first-order valence-corrected chi connectivity index (χ1v) is 8.62. The van der Waals surface area contributed by atoms with Crippen LogP contribution in [0.5, 0.6) is 0 Å². The number of nitrogens with zero attached hydrogens (tertiary/aromatic N) is 1. The average molecular weight is 307 g/mol. The predicted molar refractivity (Wildman–Crippen MR) is 89.4 cm³/mol. The van der Waals surface area contributed by atoms with Crippen molar-refractivity contribution in [2.75, 3.05) is 0 Å². The number of thioether (sulfide) groups is 1. The summed E-state index contributed by atoms with van der Waals surface area (Å²) in [6.45, 7) is 9.58. The molecule has 0 aliphatic rings. The van der Waals surface area contributed by atoms with Crippen LogP contribution in [0, 0.1) is 6.92 Å². The van der Waals surface area contributed by atoms with E-state index in [4.69, 9.17) is 0 Å². The van der Waals surface area contributed by atoms with Crippen molar-refractivity contribution in [3.05, 3.63) is 45.9 Å². The molecule has 0 spiro atoms. The van der Waals surface area contributed by atoms with Crippen LogP contribution < -0.4 is 5.32 Å². The number of rotatable bonds is 5. The van der Waals surface area contributed by atoms with Gasteiger partial charge in [-0.2, -0.15) is 0 Å². The molecule has 0 unspecified atom stereocenters. The molecule has 1 aromatic heterocycles. The van der Waals surface area contributed by atoms with Gasteiger partial charge in [-0.3, -0.25) is 0 Å². The zero-order valence-electron chi connectivity index (χ0n) is 12.6. The standard InChI is InChI=1S/C16H22N2S2/c1-12-14(10-17-16(2,3)4)20-15(18-12)11-19-13-8-6-5-7-9-13/h5-9,17H,10-11H2,1-4H3.